The minimum atomic E-state index is -0.456. The summed E-state index contributed by atoms with van der Waals surface area (Å²) < 4.78 is 2.01. The van der Waals surface area contributed by atoms with Crippen LogP contribution in [0.4, 0.5) is 5.69 Å². The summed E-state index contributed by atoms with van der Waals surface area (Å²) in [6.07, 6.45) is 3.95. The van der Waals surface area contributed by atoms with E-state index in [9.17, 15) is 9.59 Å². The highest BCUT2D eigenvalue weighted by Crippen LogP contribution is 2.26. The van der Waals surface area contributed by atoms with Crippen LogP contribution >= 0.6 is 0 Å². The highest BCUT2D eigenvalue weighted by atomic mass is 16.2. The Bertz CT molecular complexity index is 1500. The number of rotatable bonds is 9. The SMILES string of the molecule is C=C(NNC(=O)c1ccc(NC(=O)C(c2ccccc2)c2ccccc2)cc1)c1ccc(-n2cccc2)cc1. The lowest BCUT2D eigenvalue weighted by Gasteiger charge is -2.18. The lowest BCUT2D eigenvalue weighted by atomic mass is 9.90. The molecule has 0 aliphatic carbocycles. The largest absolute Gasteiger partial charge is 0.325 e. The number of hydrogen-bond acceptors (Lipinski definition) is 3. The van der Waals surface area contributed by atoms with Crippen molar-refractivity contribution >= 4 is 23.2 Å². The number of hydrogen-bond donors (Lipinski definition) is 3. The fourth-order valence-electron chi connectivity index (χ4n) is 4.32. The van der Waals surface area contributed by atoms with Crippen molar-refractivity contribution in [2.24, 2.45) is 0 Å². The lowest BCUT2D eigenvalue weighted by molar-refractivity contribution is -0.116. The molecule has 1 heterocycles. The van der Waals surface area contributed by atoms with Gasteiger partial charge in [-0.2, -0.15) is 0 Å². The van der Waals surface area contributed by atoms with Crippen LogP contribution in [0.15, 0.2) is 140 Å². The third-order valence-corrected chi connectivity index (χ3v) is 6.39. The molecule has 1 aromatic heterocycles. The van der Waals surface area contributed by atoms with E-state index in [1.165, 1.54) is 0 Å². The van der Waals surface area contributed by atoms with Gasteiger partial charge in [0.1, 0.15) is 0 Å². The third kappa shape index (κ3) is 6.14. The van der Waals surface area contributed by atoms with Crippen molar-refractivity contribution in [3.8, 4) is 5.69 Å². The molecule has 5 aromatic rings. The average molecular weight is 513 g/mol. The molecule has 0 spiro atoms. The van der Waals surface area contributed by atoms with Crippen LogP contribution in [0.2, 0.25) is 0 Å². The molecular weight excluding hydrogens is 484 g/mol. The predicted octanol–water partition coefficient (Wildman–Crippen LogP) is 6.15. The highest BCUT2D eigenvalue weighted by molar-refractivity contribution is 5.99. The molecule has 0 unspecified atom stereocenters. The maximum absolute atomic E-state index is 13.3. The van der Waals surface area contributed by atoms with Crippen molar-refractivity contribution in [2.45, 2.75) is 5.92 Å². The molecule has 6 nitrogen and oxygen atoms in total. The molecule has 0 aliphatic heterocycles. The van der Waals surface area contributed by atoms with Gasteiger partial charge in [0.15, 0.2) is 0 Å². The van der Waals surface area contributed by atoms with Crippen LogP contribution in [0.1, 0.15) is 33.0 Å². The first-order chi connectivity index (χ1) is 19.1. The van der Waals surface area contributed by atoms with Crippen molar-refractivity contribution in [3.63, 3.8) is 0 Å². The smallest absolute Gasteiger partial charge is 0.269 e. The predicted molar refractivity (Wildman–Crippen MR) is 155 cm³/mol. The van der Waals surface area contributed by atoms with E-state index < -0.39 is 5.92 Å². The Balaban J connectivity index is 1.19. The van der Waals surface area contributed by atoms with Gasteiger partial charge in [0.2, 0.25) is 5.91 Å². The standard InChI is InChI=1S/C33H28N4O2/c1-24(25-16-20-30(21-17-25)37-22-8-9-23-37)35-36-32(38)28-14-18-29(19-15-28)34-33(39)31(26-10-4-2-5-11-26)27-12-6-3-7-13-27/h2-23,31,35H,1H2,(H,34,39)(H,36,38). The Morgan fingerprint density at radius 2 is 1.15 bits per heavy atom. The number of amides is 2. The number of benzene rings is 4. The molecule has 5 rings (SSSR count). The summed E-state index contributed by atoms with van der Waals surface area (Å²) in [5.74, 6) is -0.919. The number of anilines is 1. The molecule has 0 saturated carbocycles. The Kier molecular flexibility index (Phi) is 7.65. The van der Waals surface area contributed by atoms with E-state index in [1.807, 2.05) is 114 Å². The molecule has 0 bridgehead atoms. The van der Waals surface area contributed by atoms with E-state index in [1.54, 1.807) is 24.3 Å². The second-order valence-corrected chi connectivity index (χ2v) is 9.02. The molecule has 6 heteroatoms. The van der Waals surface area contributed by atoms with Crippen molar-refractivity contribution in [3.05, 3.63) is 163 Å². The Morgan fingerprint density at radius 3 is 1.72 bits per heavy atom. The first-order valence-corrected chi connectivity index (χ1v) is 12.6. The fourth-order valence-corrected chi connectivity index (χ4v) is 4.32. The van der Waals surface area contributed by atoms with Gasteiger partial charge in [-0.3, -0.25) is 20.4 Å². The van der Waals surface area contributed by atoms with E-state index >= 15 is 0 Å². The molecule has 0 fully saturated rings. The van der Waals surface area contributed by atoms with Crippen LogP contribution in [0.25, 0.3) is 11.4 Å². The quantitative estimate of drug-likeness (QED) is 0.207. The number of hydrazine groups is 1. The van der Waals surface area contributed by atoms with Gasteiger partial charge in [-0.1, -0.05) is 79.4 Å². The summed E-state index contributed by atoms with van der Waals surface area (Å²) in [5.41, 5.74) is 10.9. The number of aromatic nitrogens is 1. The molecule has 0 atom stereocenters. The van der Waals surface area contributed by atoms with Crippen molar-refractivity contribution in [2.75, 3.05) is 5.32 Å². The van der Waals surface area contributed by atoms with E-state index in [2.05, 4.69) is 22.7 Å². The molecule has 39 heavy (non-hydrogen) atoms. The Labute approximate surface area is 227 Å². The molecule has 3 N–H and O–H groups in total. The van der Waals surface area contributed by atoms with Crippen LogP contribution in [-0.2, 0) is 4.79 Å². The zero-order chi connectivity index (χ0) is 27.0. The first kappa shape index (κ1) is 25.3. The van der Waals surface area contributed by atoms with Gasteiger partial charge in [-0.05, 0) is 65.2 Å². The average Bonchev–Trinajstić information content (AvgIpc) is 3.53. The van der Waals surface area contributed by atoms with Crippen molar-refractivity contribution in [1.82, 2.24) is 15.4 Å². The molecule has 4 aromatic carbocycles. The summed E-state index contributed by atoms with van der Waals surface area (Å²) in [7, 11) is 0. The van der Waals surface area contributed by atoms with Gasteiger partial charge in [0, 0.05) is 29.3 Å². The number of carbonyl (C=O) groups is 2. The van der Waals surface area contributed by atoms with Crippen LogP contribution in [-0.4, -0.2) is 16.4 Å². The van der Waals surface area contributed by atoms with E-state index in [4.69, 9.17) is 0 Å². The zero-order valence-electron chi connectivity index (χ0n) is 21.2. The minimum Gasteiger partial charge on any atom is -0.325 e. The second kappa shape index (κ2) is 11.8. The number of nitrogens with zero attached hydrogens (tertiary/aromatic N) is 1. The maximum atomic E-state index is 13.3. The van der Waals surface area contributed by atoms with Gasteiger partial charge in [-0.15, -0.1) is 0 Å². The normalized spacial score (nSPS) is 10.6. The summed E-state index contributed by atoms with van der Waals surface area (Å²) in [6, 6.07) is 37.9. The zero-order valence-corrected chi connectivity index (χ0v) is 21.2. The van der Waals surface area contributed by atoms with Gasteiger partial charge in [0.05, 0.1) is 11.6 Å². The van der Waals surface area contributed by atoms with Crippen LogP contribution in [0.3, 0.4) is 0 Å². The van der Waals surface area contributed by atoms with Crippen molar-refractivity contribution in [1.29, 1.82) is 0 Å². The van der Waals surface area contributed by atoms with Crippen LogP contribution in [0.5, 0.6) is 0 Å². The summed E-state index contributed by atoms with van der Waals surface area (Å²) in [6.45, 7) is 4.02. The van der Waals surface area contributed by atoms with Gasteiger partial charge < -0.3 is 9.88 Å². The lowest BCUT2D eigenvalue weighted by Crippen LogP contribution is -2.35. The summed E-state index contributed by atoms with van der Waals surface area (Å²) >= 11 is 0. The molecule has 0 radical (unpaired) electrons. The van der Waals surface area contributed by atoms with Gasteiger partial charge in [-0.25, -0.2) is 0 Å². The topological polar surface area (TPSA) is 75.2 Å². The third-order valence-electron chi connectivity index (χ3n) is 6.39. The molecule has 2 amide bonds. The fraction of sp³-hybridized carbons (Fsp3) is 0.0303. The van der Waals surface area contributed by atoms with Gasteiger partial charge in [0.25, 0.3) is 5.91 Å². The molecule has 192 valence electrons. The summed E-state index contributed by atoms with van der Waals surface area (Å²) in [4.78, 5) is 26.0. The molecular formula is C33H28N4O2. The Morgan fingerprint density at radius 1 is 0.615 bits per heavy atom. The number of carbonyl (C=O) groups excluding carboxylic acids is 2. The van der Waals surface area contributed by atoms with Crippen LogP contribution in [0, 0.1) is 0 Å². The highest BCUT2D eigenvalue weighted by Gasteiger charge is 2.22. The molecule has 0 aliphatic rings. The van der Waals surface area contributed by atoms with E-state index in [0.717, 1.165) is 22.4 Å². The van der Waals surface area contributed by atoms with E-state index in [0.29, 0.717) is 16.9 Å². The second-order valence-electron chi connectivity index (χ2n) is 9.02. The first-order valence-electron chi connectivity index (χ1n) is 12.6. The van der Waals surface area contributed by atoms with E-state index in [-0.39, 0.29) is 11.8 Å². The number of nitrogens with one attached hydrogen (secondary N) is 3. The summed E-state index contributed by atoms with van der Waals surface area (Å²) in [5, 5.41) is 2.99. The van der Waals surface area contributed by atoms with Gasteiger partial charge >= 0.3 is 0 Å². The minimum absolute atomic E-state index is 0.148. The maximum Gasteiger partial charge on any atom is 0.269 e. The monoisotopic (exact) mass is 512 g/mol. The van der Waals surface area contributed by atoms with Crippen LogP contribution < -0.4 is 16.2 Å². The Hall–Kier alpha value is -5.36. The van der Waals surface area contributed by atoms with Crippen molar-refractivity contribution < 1.29 is 9.59 Å². The molecule has 0 saturated heterocycles.